The van der Waals surface area contributed by atoms with Crippen LogP contribution in [0.1, 0.15) is 98.6 Å². The van der Waals surface area contributed by atoms with E-state index < -0.39 is 11.5 Å². The third-order valence-electron chi connectivity index (χ3n) is 12.1. The highest BCUT2D eigenvalue weighted by molar-refractivity contribution is 6.15. The SMILES string of the molecule is Cc1cc2c(C(C)C)c(O)c(O)c(C=Nc3cccc(N4CCCC4=O)c3)c2c(O)c1-c1c(C)cc2c(C(C)C)c(O)c(O)c(C=Nc3cccc(N4CCCC4=O)c3)c2c1O. The molecule has 2 aliphatic rings. The molecule has 6 N–H and O–H groups in total. The van der Waals surface area contributed by atoms with E-state index in [0.717, 1.165) is 12.8 Å². The predicted octanol–water partition coefficient (Wildman–Crippen LogP) is 10.5. The van der Waals surface area contributed by atoms with Crippen molar-refractivity contribution in [1.29, 1.82) is 0 Å². The Kier molecular flexibility index (Phi) is 10.8. The van der Waals surface area contributed by atoms with Gasteiger partial charge in [-0.05, 0) is 96.8 Å². The van der Waals surface area contributed by atoms with Crippen LogP contribution in [0, 0.1) is 13.8 Å². The van der Waals surface area contributed by atoms with Gasteiger partial charge in [-0.3, -0.25) is 19.6 Å². The van der Waals surface area contributed by atoms with Gasteiger partial charge in [-0.2, -0.15) is 0 Å². The maximum Gasteiger partial charge on any atom is 0.227 e. The number of amides is 2. The summed E-state index contributed by atoms with van der Waals surface area (Å²) in [5.74, 6) is -2.76. The van der Waals surface area contributed by atoms with E-state index in [4.69, 9.17) is 0 Å². The van der Waals surface area contributed by atoms with E-state index in [1.165, 1.54) is 12.4 Å². The summed E-state index contributed by atoms with van der Waals surface area (Å²) in [5.41, 5.74) is 4.79. The second-order valence-electron chi connectivity index (χ2n) is 16.9. The zero-order chi connectivity index (χ0) is 44.3. The molecule has 0 radical (unpaired) electrons. The number of aryl methyl sites for hydroxylation is 2. The number of carbonyl (C=O) groups is 2. The number of fused-ring (bicyclic) bond motifs is 2. The summed E-state index contributed by atoms with van der Waals surface area (Å²) in [7, 11) is 0. The fourth-order valence-corrected chi connectivity index (χ4v) is 9.23. The lowest BCUT2D eigenvalue weighted by atomic mass is 9.83. The van der Waals surface area contributed by atoms with Gasteiger partial charge in [-0.25, -0.2) is 0 Å². The van der Waals surface area contributed by atoms with Crippen LogP contribution in [0.2, 0.25) is 0 Å². The first-order valence-corrected chi connectivity index (χ1v) is 21.0. The molecule has 0 aliphatic carbocycles. The molecular weight excluding hydrogens is 785 g/mol. The lowest BCUT2D eigenvalue weighted by Crippen LogP contribution is -2.23. The Hall–Kier alpha value is -7.08. The summed E-state index contributed by atoms with van der Waals surface area (Å²) in [4.78, 5) is 37.7. The Morgan fingerprint density at radius 1 is 0.548 bits per heavy atom. The van der Waals surface area contributed by atoms with Gasteiger partial charge < -0.3 is 40.4 Å². The van der Waals surface area contributed by atoms with Crippen LogP contribution in [0.15, 0.2) is 70.6 Å². The van der Waals surface area contributed by atoms with E-state index in [2.05, 4.69) is 9.98 Å². The minimum atomic E-state index is -0.487. The van der Waals surface area contributed by atoms with Crippen molar-refractivity contribution in [3.8, 4) is 45.6 Å². The second-order valence-corrected chi connectivity index (χ2v) is 16.9. The van der Waals surface area contributed by atoms with E-state index in [0.29, 0.717) is 81.7 Å². The summed E-state index contributed by atoms with van der Waals surface area (Å²) in [6.07, 6.45) is 5.20. The van der Waals surface area contributed by atoms with Crippen LogP contribution in [-0.4, -0.2) is 68.0 Å². The van der Waals surface area contributed by atoms with Crippen LogP contribution >= 0.6 is 0 Å². The molecule has 2 heterocycles. The number of benzene rings is 6. The average molecular weight is 835 g/mol. The fraction of sp³-hybridized carbons (Fsp3) is 0.280. The normalized spacial score (nSPS) is 14.8. The van der Waals surface area contributed by atoms with Crippen molar-refractivity contribution < 1.29 is 40.2 Å². The number of nitrogens with zero attached hydrogens (tertiary/aromatic N) is 4. The van der Waals surface area contributed by atoms with E-state index in [-0.39, 0.29) is 79.7 Å². The molecule has 12 heteroatoms. The van der Waals surface area contributed by atoms with Crippen molar-refractivity contribution in [3.63, 3.8) is 0 Å². The van der Waals surface area contributed by atoms with E-state index in [1.807, 2.05) is 39.8 Å². The number of aliphatic imine (C=N–C) groups is 2. The van der Waals surface area contributed by atoms with Crippen LogP contribution in [-0.2, 0) is 9.59 Å². The Morgan fingerprint density at radius 3 is 1.27 bits per heavy atom. The van der Waals surface area contributed by atoms with Crippen LogP contribution in [0.5, 0.6) is 34.5 Å². The molecule has 318 valence electrons. The molecule has 2 saturated heterocycles. The Labute approximate surface area is 359 Å². The Bertz CT molecular complexity index is 2720. The van der Waals surface area contributed by atoms with Crippen molar-refractivity contribution in [1.82, 2.24) is 0 Å². The molecule has 0 unspecified atom stereocenters. The molecular formula is C50H50N4O8. The quantitative estimate of drug-likeness (QED) is 0.0613. The van der Waals surface area contributed by atoms with Crippen molar-refractivity contribution in [2.45, 2.75) is 79.1 Å². The number of aromatic hydroxyl groups is 6. The number of hydrogen-bond acceptors (Lipinski definition) is 10. The number of hydrogen-bond donors (Lipinski definition) is 6. The standard InChI is InChI=1S/C50H50N4O8/c1-25(2)39-33-19-27(5)41(47(59)43(33)35(45(57)49(39)61)23-51-29-11-7-13-31(21-29)53-17-9-15-37(53)55)42-28(6)20-34-40(26(3)4)50(62)46(58)36(44(34)48(42)60)24-52-30-12-8-14-32(22-30)54-18-10-16-38(54)56/h7-8,11-14,19-26,57-62H,9-10,15-18H2,1-6H3. The summed E-state index contributed by atoms with van der Waals surface area (Å²) in [6, 6.07) is 17.8. The van der Waals surface area contributed by atoms with E-state index in [9.17, 15) is 40.2 Å². The lowest BCUT2D eigenvalue weighted by molar-refractivity contribution is -0.117. The summed E-state index contributed by atoms with van der Waals surface area (Å²) >= 11 is 0. The van der Waals surface area contributed by atoms with Gasteiger partial charge in [-0.1, -0.05) is 52.0 Å². The zero-order valence-electron chi connectivity index (χ0n) is 35.6. The first-order valence-electron chi connectivity index (χ1n) is 21.0. The fourth-order valence-electron chi connectivity index (χ4n) is 9.23. The highest BCUT2D eigenvalue weighted by Crippen LogP contribution is 2.54. The van der Waals surface area contributed by atoms with Gasteiger partial charge in [0.05, 0.1) is 22.5 Å². The number of carbonyl (C=O) groups excluding carboxylic acids is 2. The van der Waals surface area contributed by atoms with Gasteiger partial charge >= 0.3 is 0 Å². The molecule has 2 aliphatic heterocycles. The molecule has 0 atom stereocenters. The summed E-state index contributed by atoms with van der Waals surface area (Å²) < 4.78 is 0. The van der Waals surface area contributed by atoms with Crippen molar-refractivity contribution in [2.24, 2.45) is 9.98 Å². The molecule has 6 aromatic carbocycles. The van der Waals surface area contributed by atoms with Crippen LogP contribution < -0.4 is 9.80 Å². The molecule has 6 aromatic rings. The number of phenols is 6. The van der Waals surface area contributed by atoms with E-state index >= 15 is 0 Å². The third kappa shape index (κ3) is 6.98. The minimum absolute atomic E-state index is 0.0253. The Morgan fingerprint density at radius 2 is 0.935 bits per heavy atom. The summed E-state index contributed by atoms with van der Waals surface area (Å²) in [5, 5.41) is 72.7. The molecule has 2 amide bonds. The van der Waals surface area contributed by atoms with Gasteiger partial charge in [0.2, 0.25) is 11.8 Å². The summed E-state index contributed by atoms with van der Waals surface area (Å²) in [6.45, 7) is 12.2. The average Bonchev–Trinajstić information content (AvgIpc) is 3.87. The topological polar surface area (TPSA) is 187 Å². The van der Waals surface area contributed by atoms with Gasteiger partial charge in [0.15, 0.2) is 23.0 Å². The van der Waals surface area contributed by atoms with Crippen molar-refractivity contribution in [3.05, 3.63) is 94.0 Å². The van der Waals surface area contributed by atoms with Crippen LogP contribution in [0.25, 0.3) is 32.7 Å². The monoisotopic (exact) mass is 834 g/mol. The highest BCUT2D eigenvalue weighted by Gasteiger charge is 2.30. The van der Waals surface area contributed by atoms with Crippen LogP contribution in [0.3, 0.4) is 0 Å². The first kappa shape index (κ1) is 41.6. The van der Waals surface area contributed by atoms with Crippen molar-refractivity contribution >= 4 is 68.5 Å². The molecule has 0 bridgehead atoms. The maximum absolute atomic E-state index is 12.6. The maximum atomic E-state index is 12.6. The van der Waals surface area contributed by atoms with Gasteiger partial charge in [0.25, 0.3) is 0 Å². The number of phenolic OH excluding ortho intramolecular Hbond substituents is 6. The molecule has 8 rings (SSSR count). The molecule has 2 fully saturated rings. The van der Waals surface area contributed by atoms with Crippen LogP contribution in [0.4, 0.5) is 22.7 Å². The zero-order valence-corrected chi connectivity index (χ0v) is 35.6. The molecule has 0 spiro atoms. The minimum Gasteiger partial charge on any atom is -0.507 e. The van der Waals surface area contributed by atoms with Gasteiger partial charge in [0, 0.05) is 82.8 Å². The molecule has 62 heavy (non-hydrogen) atoms. The van der Waals surface area contributed by atoms with Gasteiger partial charge in [-0.15, -0.1) is 0 Å². The smallest absolute Gasteiger partial charge is 0.227 e. The highest BCUT2D eigenvalue weighted by atomic mass is 16.3. The van der Waals surface area contributed by atoms with E-state index in [1.54, 1.807) is 72.2 Å². The number of anilines is 2. The lowest BCUT2D eigenvalue weighted by Gasteiger charge is -2.23. The Balaban J connectivity index is 1.35. The largest absolute Gasteiger partial charge is 0.507 e. The predicted molar refractivity (Wildman–Crippen MR) is 245 cm³/mol. The number of rotatable bonds is 9. The molecule has 0 aromatic heterocycles. The first-order chi connectivity index (χ1) is 29.6. The van der Waals surface area contributed by atoms with Crippen molar-refractivity contribution in [2.75, 3.05) is 22.9 Å². The van der Waals surface area contributed by atoms with Gasteiger partial charge in [0.1, 0.15) is 11.5 Å². The third-order valence-corrected chi connectivity index (χ3v) is 12.1. The second kappa shape index (κ2) is 16.1. The molecule has 12 nitrogen and oxygen atoms in total. The molecule has 0 saturated carbocycles.